The van der Waals surface area contributed by atoms with Crippen molar-refractivity contribution in [1.82, 2.24) is 10.3 Å². The second-order valence-corrected chi connectivity index (χ2v) is 3.03. The Labute approximate surface area is 89.3 Å². The summed E-state index contributed by atoms with van der Waals surface area (Å²) in [4.78, 5) is 14.2. The molecule has 1 heterocycles. The average molecular weight is 208 g/mol. The molecule has 0 unspecified atom stereocenters. The van der Waals surface area contributed by atoms with Gasteiger partial charge < -0.3 is 15.0 Å². The van der Waals surface area contributed by atoms with E-state index in [4.69, 9.17) is 4.74 Å². The largest absolute Gasteiger partial charge is 0.461 e. The van der Waals surface area contributed by atoms with E-state index in [1.54, 1.807) is 19.2 Å². The fraction of sp³-hybridized carbons (Fsp3) is 0.364. The van der Waals surface area contributed by atoms with Crippen LogP contribution < -0.4 is 5.32 Å². The van der Waals surface area contributed by atoms with Crippen LogP contribution in [0.4, 0.5) is 0 Å². The molecule has 15 heavy (non-hydrogen) atoms. The van der Waals surface area contributed by atoms with Crippen molar-refractivity contribution in [2.75, 3.05) is 20.2 Å². The molecule has 0 aliphatic carbocycles. The molecule has 4 heteroatoms. The van der Waals surface area contributed by atoms with Gasteiger partial charge in [0.2, 0.25) is 0 Å². The molecule has 0 aromatic carbocycles. The lowest BCUT2D eigenvalue weighted by molar-refractivity contribution is 0.0520. The first-order valence-electron chi connectivity index (χ1n) is 4.94. The van der Waals surface area contributed by atoms with Crippen molar-refractivity contribution in [3.05, 3.63) is 29.6 Å². The van der Waals surface area contributed by atoms with E-state index in [0.717, 1.165) is 12.1 Å². The first-order chi connectivity index (χ1) is 7.27. The van der Waals surface area contributed by atoms with E-state index < -0.39 is 0 Å². The topological polar surface area (TPSA) is 54.1 Å². The number of H-pyrrole nitrogens is 1. The number of carbonyl (C=O) groups is 1. The van der Waals surface area contributed by atoms with Crippen LogP contribution >= 0.6 is 0 Å². The molecule has 0 bridgehead atoms. The smallest absolute Gasteiger partial charge is 0.354 e. The minimum Gasteiger partial charge on any atom is -0.461 e. The van der Waals surface area contributed by atoms with E-state index >= 15 is 0 Å². The number of nitrogens with one attached hydrogen (secondary N) is 2. The molecular formula is C11H16N2O2. The van der Waals surface area contributed by atoms with Gasteiger partial charge in [0.1, 0.15) is 5.69 Å². The number of aromatic amines is 1. The monoisotopic (exact) mass is 208 g/mol. The van der Waals surface area contributed by atoms with Crippen LogP contribution in [0.3, 0.4) is 0 Å². The number of rotatable bonds is 5. The SMILES string of the molecule is CCOC(=O)c1cc(C=CCNC)c[nH]1. The summed E-state index contributed by atoms with van der Waals surface area (Å²) in [5.74, 6) is -0.314. The van der Waals surface area contributed by atoms with Crippen molar-refractivity contribution in [3.63, 3.8) is 0 Å². The van der Waals surface area contributed by atoms with Gasteiger partial charge in [0.25, 0.3) is 0 Å². The Hall–Kier alpha value is -1.55. The summed E-state index contributed by atoms with van der Waals surface area (Å²) in [5, 5.41) is 3.00. The second kappa shape index (κ2) is 6.03. The molecule has 0 fully saturated rings. The molecule has 0 amide bonds. The maximum absolute atomic E-state index is 11.3. The minimum atomic E-state index is -0.314. The Balaban J connectivity index is 2.59. The Bertz CT molecular complexity index is 342. The van der Waals surface area contributed by atoms with Gasteiger partial charge >= 0.3 is 5.97 Å². The van der Waals surface area contributed by atoms with Gasteiger partial charge in [-0.15, -0.1) is 0 Å². The molecular weight excluding hydrogens is 192 g/mol. The van der Waals surface area contributed by atoms with Crippen LogP contribution in [0.1, 0.15) is 23.0 Å². The summed E-state index contributed by atoms with van der Waals surface area (Å²) in [6.07, 6.45) is 5.70. The van der Waals surface area contributed by atoms with Gasteiger partial charge in [0.15, 0.2) is 0 Å². The lowest BCUT2D eigenvalue weighted by Crippen LogP contribution is -2.04. The predicted molar refractivity (Wildman–Crippen MR) is 59.7 cm³/mol. The zero-order chi connectivity index (χ0) is 11.1. The van der Waals surface area contributed by atoms with E-state index in [0.29, 0.717) is 12.3 Å². The molecule has 0 saturated heterocycles. The number of esters is 1. The summed E-state index contributed by atoms with van der Waals surface area (Å²) in [6.45, 7) is 2.98. The molecule has 0 radical (unpaired) electrons. The number of hydrogen-bond donors (Lipinski definition) is 2. The molecule has 0 spiro atoms. The van der Waals surface area contributed by atoms with Crippen LogP contribution in [0.15, 0.2) is 18.3 Å². The van der Waals surface area contributed by atoms with Crippen molar-refractivity contribution in [2.45, 2.75) is 6.92 Å². The van der Waals surface area contributed by atoms with Crippen molar-refractivity contribution in [1.29, 1.82) is 0 Å². The molecule has 0 saturated carbocycles. The number of aromatic nitrogens is 1. The summed E-state index contributed by atoms with van der Waals surface area (Å²) < 4.78 is 4.86. The van der Waals surface area contributed by atoms with Gasteiger partial charge in [-0.2, -0.15) is 0 Å². The summed E-state index contributed by atoms with van der Waals surface area (Å²) >= 11 is 0. The van der Waals surface area contributed by atoms with Crippen LogP contribution in [0, 0.1) is 0 Å². The Morgan fingerprint density at radius 2 is 2.47 bits per heavy atom. The highest BCUT2D eigenvalue weighted by Gasteiger charge is 2.07. The lowest BCUT2D eigenvalue weighted by Gasteiger charge is -1.96. The maximum atomic E-state index is 11.3. The van der Waals surface area contributed by atoms with E-state index in [2.05, 4.69) is 10.3 Å². The summed E-state index contributed by atoms with van der Waals surface area (Å²) in [5.41, 5.74) is 1.45. The number of hydrogen-bond acceptors (Lipinski definition) is 3. The fourth-order valence-corrected chi connectivity index (χ4v) is 1.15. The number of likely N-dealkylation sites (N-methyl/N-ethyl adjacent to an activating group) is 1. The van der Waals surface area contributed by atoms with Crippen molar-refractivity contribution >= 4 is 12.0 Å². The lowest BCUT2D eigenvalue weighted by atomic mass is 10.3. The molecule has 1 rings (SSSR count). The van der Waals surface area contributed by atoms with E-state index in [1.165, 1.54) is 0 Å². The quantitative estimate of drug-likeness (QED) is 0.720. The van der Waals surface area contributed by atoms with Gasteiger partial charge in [0.05, 0.1) is 6.61 Å². The predicted octanol–water partition coefficient (Wildman–Crippen LogP) is 1.42. The highest BCUT2D eigenvalue weighted by Crippen LogP contribution is 2.06. The molecule has 0 aliphatic rings. The summed E-state index contributed by atoms with van der Waals surface area (Å²) in [7, 11) is 1.88. The van der Waals surface area contributed by atoms with Crippen LogP contribution in [-0.2, 0) is 4.74 Å². The fourth-order valence-electron chi connectivity index (χ4n) is 1.15. The zero-order valence-electron chi connectivity index (χ0n) is 9.04. The third kappa shape index (κ3) is 3.59. The van der Waals surface area contributed by atoms with Crippen molar-refractivity contribution in [3.8, 4) is 0 Å². The highest BCUT2D eigenvalue weighted by atomic mass is 16.5. The molecule has 0 atom stereocenters. The van der Waals surface area contributed by atoms with Crippen molar-refractivity contribution < 1.29 is 9.53 Å². The normalized spacial score (nSPS) is 10.8. The second-order valence-electron chi connectivity index (χ2n) is 3.03. The minimum absolute atomic E-state index is 0.314. The third-order valence-electron chi connectivity index (χ3n) is 1.83. The van der Waals surface area contributed by atoms with Crippen LogP contribution in [0.25, 0.3) is 6.08 Å². The average Bonchev–Trinajstić information content (AvgIpc) is 2.67. The molecule has 4 nitrogen and oxygen atoms in total. The molecule has 82 valence electrons. The van der Waals surface area contributed by atoms with E-state index in [9.17, 15) is 4.79 Å². The van der Waals surface area contributed by atoms with Gasteiger partial charge in [0, 0.05) is 12.7 Å². The van der Waals surface area contributed by atoms with Crippen molar-refractivity contribution in [2.24, 2.45) is 0 Å². The van der Waals surface area contributed by atoms with E-state index in [-0.39, 0.29) is 5.97 Å². The van der Waals surface area contributed by atoms with Crippen LogP contribution in [-0.4, -0.2) is 31.2 Å². The van der Waals surface area contributed by atoms with E-state index in [1.807, 2.05) is 19.2 Å². The third-order valence-corrected chi connectivity index (χ3v) is 1.83. The zero-order valence-corrected chi connectivity index (χ0v) is 9.04. The van der Waals surface area contributed by atoms with Crippen LogP contribution in [0.5, 0.6) is 0 Å². The molecule has 1 aromatic rings. The molecule has 1 aromatic heterocycles. The Kier molecular flexibility index (Phi) is 4.63. The first kappa shape index (κ1) is 11.5. The highest BCUT2D eigenvalue weighted by molar-refractivity contribution is 5.88. The Morgan fingerprint density at radius 3 is 3.13 bits per heavy atom. The molecule has 2 N–H and O–H groups in total. The van der Waals surface area contributed by atoms with Gasteiger partial charge in [-0.05, 0) is 25.6 Å². The number of carbonyl (C=O) groups excluding carboxylic acids is 1. The maximum Gasteiger partial charge on any atom is 0.354 e. The van der Waals surface area contributed by atoms with Gasteiger partial charge in [-0.1, -0.05) is 12.2 Å². The molecule has 0 aliphatic heterocycles. The van der Waals surface area contributed by atoms with Gasteiger partial charge in [-0.25, -0.2) is 4.79 Å². The standard InChI is InChI=1S/C11H16N2O2/c1-3-15-11(14)10-7-9(8-13-10)5-4-6-12-2/h4-5,7-8,12-13H,3,6H2,1-2H3. The first-order valence-corrected chi connectivity index (χ1v) is 4.94. The van der Waals surface area contributed by atoms with Gasteiger partial charge in [-0.3, -0.25) is 0 Å². The Morgan fingerprint density at radius 1 is 1.67 bits per heavy atom. The summed E-state index contributed by atoms with van der Waals surface area (Å²) in [6, 6.07) is 1.77. The van der Waals surface area contributed by atoms with Crippen LogP contribution in [0.2, 0.25) is 0 Å². The number of ether oxygens (including phenoxy) is 1.